The van der Waals surface area contributed by atoms with Gasteiger partial charge >= 0.3 is 0 Å². The predicted molar refractivity (Wildman–Crippen MR) is 70.7 cm³/mol. The van der Waals surface area contributed by atoms with E-state index in [-0.39, 0.29) is 0 Å². The molecule has 0 aromatic carbocycles. The van der Waals surface area contributed by atoms with Gasteiger partial charge in [-0.15, -0.1) is 0 Å². The Morgan fingerprint density at radius 2 is 2.28 bits per heavy atom. The minimum absolute atomic E-state index is 0.609. The van der Waals surface area contributed by atoms with Crippen molar-refractivity contribution in [2.45, 2.75) is 26.3 Å². The molecule has 4 nitrogen and oxygen atoms in total. The molecule has 18 heavy (non-hydrogen) atoms. The smallest absolute Gasteiger partial charge is 0.213 e. The fourth-order valence-electron chi connectivity index (χ4n) is 2.02. The van der Waals surface area contributed by atoms with Gasteiger partial charge in [-0.05, 0) is 36.9 Å². The Morgan fingerprint density at radius 3 is 3.06 bits per heavy atom. The van der Waals surface area contributed by atoms with E-state index < -0.39 is 0 Å². The summed E-state index contributed by atoms with van der Waals surface area (Å²) >= 11 is 0. The lowest BCUT2D eigenvalue weighted by atomic mass is 10.0. The molecule has 1 aliphatic rings. The van der Waals surface area contributed by atoms with Crippen molar-refractivity contribution in [3.63, 3.8) is 0 Å². The van der Waals surface area contributed by atoms with Crippen molar-refractivity contribution in [2.75, 3.05) is 26.4 Å². The number of hydrogen-bond donors (Lipinski definition) is 1. The normalized spacial score (nSPS) is 16.7. The van der Waals surface area contributed by atoms with E-state index in [9.17, 15) is 0 Å². The summed E-state index contributed by atoms with van der Waals surface area (Å²) in [5.74, 6) is 1.34. The summed E-state index contributed by atoms with van der Waals surface area (Å²) in [4.78, 5) is 4.25. The minimum Gasteiger partial charge on any atom is -0.477 e. The Kier molecular flexibility index (Phi) is 5.42. The molecule has 0 aliphatic carbocycles. The molecule has 2 rings (SSSR count). The Balaban J connectivity index is 1.80. The van der Waals surface area contributed by atoms with Crippen molar-refractivity contribution in [1.82, 2.24) is 10.3 Å². The molecule has 0 spiro atoms. The van der Waals surface area contributed by atoms with Crippen LogP contribution >= 0.6 is 0 Å². The highest BCUT2D eigenvalue weighted by Gasteiger charge is 2.14. The van der Waals surface area contributed by atoms with Crippen molar-refractivity contribution in [3.8, 4) is 5.88 Å². The van der Waals surface area contributed by atoms with Crippen LogP contribution in [0.1, 0.15) is 25.3 Å². The molecule has 2 heterocycles. The zero-order valence-corrected chi connectivity index (χ0v) is 11.0. The Hall–Kier alpha value is -1.13. The predicted octanol–water partition coefficient (Wildman–Crippen LogP) is 2.00. The second kappa shape index (κ2) is 7.34. The molecule has 4 heteroatoms. The first-order valence-electron chi connectivity index (χ1n) is 6.74. The second-order valence-electron chi connectivity index (χ2n) is 4.65. The zero-order valence-electron chi connectivity index (χ0n) is 11.0. The zero-order chi connectivity index (χ0) is 12.6. The molecule has 0 bridgehead atoms. The molecule has 0 unspecified atom stereocenters. The van der Waals surface area contributed by atoms with E-state index in [1.54, 1.807) is 0 Å². The van der Waals surface area contributed by atoms with Gasteiger partial charge < -0.3 is 14.8 Å². The fraction of sp³-hybridized carbons (Fsp3) is 0.643. The first kappa shape index (κ1) is 13.3. The van der Waals surface area contributed by atoms with E-state index in [1.165, 1.54) is 5.56 Å². The molecule has 100 valence electrons. The van der Waals surface area contributed by atoms with Gasteiger partial charge in [0.25, 0.3) is 0 Å². The van der Waals surface area contributed by atoms with Crippen LogP contribution in [0.4, 0.5) is 0 Å². The Morgan fingerprint density at radius 1 is 1.44 bits per heavy atom. The maximum Gasteiger partial charge on any atom is 0.213 e. The molecule has 0 atom stereocenters. The van der Waals surface area contributed by atoms with Gasteiger partial charge in [-0.2, -0.15) is 0 Å². The molecule has 1 aromatic rings. The average Bonchev–Trinajstić information content (AvgIpc) is 2.44. The van der Waals surface area contributed by atoms with Crippen LogP contribution in [0.25, 0.3) is 0 Å². The Bertz CT molecular complexity index is 351. The maximum atomic E-state index is 5.77. The SMILES string of the molecule is CCNCc1ccnc(OCC2CCOCC2)c1. The standard InChI is InChI=1S/C14H22N2O2/c1-2-15-10-13-3-6-16-14(9-13)18-11-12-4-7-17-8-5-12/h3,6,9,12,15H,2,4-5,7-8,10-11H2,1H3. The highest BCUT2D eigenvalue weighted by molar-refractivity contribution is 5.20. The van der Waals surface area contributed by atoms with Crippen molar-refractivity contribution in [2.24, 2.45) is 5.92 Å². The van der Waals surface area contributed by atoms with Gasteiger partial charge in [0.2, 0.25) is 5.88 Å². The lowest BCUT2D eigenvalue weighted by Crippen LogP contribution is -2.21. The van der Waals surface area contributed by atoms with Gasteiger partial charge in [0.15, 0.2) is 0 Å². The molecule has 0 radical (unpaired) electrons. The second-order valence-corrected chi connectivity index (χ2v) is 4.65. The number of nitrogens with zero attached hydrogens (tertiary/aromatic N) is 1. The van der Waals surface area contributed by atoms with Gasteiger partial charge in [0.05, 0.1) is 6.61 Å². The van der Waals surface area contributed by atoms with Crippen LogP contribution < -0.4 is 10.1 Å². The molecule has 1 aliphatic heterocycles. The van der Waals surface area contributed by atoms with Gasteiger partial charge in [0.1, 0.15) is 0 Å². The summed E-state index contributed by atoms with van der Waals surface area (Å²) < 4.78 is 11.1. The molecule has 0 amide bonds. The molecule has 1 N–H and O–H groups in total. The molecule has 1 saturated heterocycles. The highest BCUT2D eigenvalue weighted by atomic mass is 16.5. The van der Waals surface area contributed by atoms with Gasteiger partial charge in [-0.3, -0.25) is 0 Å². The van der Waals surface area contributed by atoms with Gasteiger partial charge in [-0.25, -0.2) is 4.98 Å². The van der Waals surface area contributed by atoms with E-state index >= 15 is 0 Å². The average molecular weight is 250 g/mol. The van der Waals surface area contributed by atoms with Crippen molar-refractivity contribution >= 4 is 0 Å². The van der Waals surface area contributed by atoms with Crippen molar-refractivity contribution in [3.05, 3.63) is 23.9 Å². The third kappa shape index (κ3) is 4.27. The summed E-state index contributed by atoms with van der Waals surface area (Å²) in [5.41, 5.74) is 1.22. The lowest BCUT2D eigenvalue weighted by molar-refractivity contribution is 0.0490. The van der Waals surface area contributed by atoms with E-state index in [1.807, 2.05) is 18.3 Å². The van der Waals surface area contributed by atoms with Crippen molar-refractivity contribution < 1.29 is 9.47 Å². The third-order valence-corrected chi connectivity index (χ3v) is 3.19. The summed E-state index contributed by atoms with van der Waals surface area (Å²) in [5, 5.41) is 3.30. The van der Waals surface area contributed by atoms with Crippen LogP contribution in [-0.2, 0) is 11.3 Å². The van der Waals surface area contributed by atoms with E-state index in [4.69, 9.17) is 9.47 Å². The van der Waals surface area contributed by atoms with Crippen LogP contribution in [0.5, 0.6) is 5.88 Å². The highest BCUT2D eigenvalue weighted by Crippen LogP contribution is 2.17. The number of nitrogens with one attached hydrogen (secondary N) is 1. The van der Waals surface area contributed by atoms with Crippen LogP contribution in [0.3, 0.4) is 0 Å². The number of pyridine rings is 1. The van der Waals surface area contributed by atoms with Crippen molar-refractivity contribution in [1.29, 1.82) is 0 Å². The van der Waals surface area contributed by atoms with Gasteiger partial charge in [-0.1, -0.05) is 6.92 Å². The summed E-state index contributed by atoms with van der Waals surface area (Å²) in [7, 11) is 0. The van der Waals surface area contributed by atoms with E-state index in [0.717, 1.165) is 51.6 Å². The largest absolute Gasteiger partial charge is 0.477 e. The minimum atomic E-state index is 0.609. The number of hydrogen-bond acceptors (Lipinski definition) is 4. The molecular formula is C14H22N2O2. The molecule has 1 fully saturated rings. The van der Waals surface area contributed by atoms with Crippen LogP contribution in [0, 0.1) is 5.92 Å². The van der Waals surface area contributed by atoms with Gasteiger partial charge in [0, 0.05) is 32.0 Å². The number of rotatable bonds is 6. The van der Waals surface area contributed by atoms with E-state index in [2.05, 4.69) is 17.2 Å². The van der Waals surface area contributed by atoms with Crippen LogP contribution in [0.2, 0.25) is 0 Å². The molecule has 0 saturated carbocycles. The summed E-state index contributed by atoms with van der Waals surface area (Å²) in [6.07, 6.45) is 4.00. The first-order valence-corrected chi connectivity index (χ1v) is 6.74. The number of ether oxygens (including phenoxy) is 2. The summed E-state index contributed by atoms with van der Waals surface area (Å²) in [6.45, 7) is 6.42. The lowest BCUT2D eigenvalue weighted by Gasteiger charge is -2.21. The Labute approximate surface area is 109 Å². The summed E-state index contributed by atoms with van der Waals surface area (Å²) in [6, 6.07) is 4.03. The molecular weight excluding hydrogens is 228 g/mol. The molecule has 1 aromatic heterocycles. The third-order valence-electron chi connectivity index (χ3n) is 3.19. The maximum absolute atomic E-state index is 5.77. The monoisotopic (exact) mass is 250 g/mol. The fourth-order valence-corrected chi connectivity index (χ4v) is 2.02. The van der Waals surface area contributed by atoms with E-state index in [0.29, 0.717) is 5.92 Å². The quantitative estimate of drug-likeness (QED) is 0.838. The first-order chi connectivity index (χ1) is 8.88. The van der Waals surface area contributed by atoms with Crippen LogP contribution in [0.15, 0.2) is 18.3 Å². The van der Waals surface area contributed by atoms with Crippen LogP contribution in [-0.4, -0.2) is 31.3 Å². The topological polar surface area (TPSA) is 43.4 Å². The number of aromatic nitrogens is 1.